The minimum Gasteiger partial charge on any atom is -0.472 e. The molecule has 0 fully saturated rings. The topological polar surface area (TPSA) is 73.3 Å². The molecule has 0 saturated carbocycles. The molecular weight excluding hydrogens is 214 g/mol. The summed E-state index contributed by atoms with van der Waals surface area (Å²) in [5.74, 6) is 0. The summed E-state index contributed by atoms with van der Waals surface area (Å²) in [7, 11) is -3.16. The second kappa shape index (κ2) is 3.98. The van der Waals surface area contributed by atoms with Crippen LogP contribution in [0.25, 0.3) is 0 Å². The van der Waals surface area contributed by atoms with Crippen molar-refractivity contribution in [3.63, 3.8) is 0 Å². The van der Waals surface area contributed by atoms with E-state index in [1.807, 2.05) is 0 Å². The fourth-order valence-electron chi connectivity index (χ4n) is 1.18. The Labute approximate surface area is 90.4 Å². The summed E-state index contributed by atoms with van der Waals surface area (Å²) in [4.78, 5) is 0. The average molecular weight is 231 g/mol. The number of hydrogen-bond donors (Lipinski definition) is 1. The Morgan fingerprint density at radius 2 is 2.13 bits per heavy atom. The van der Waals surface area contributed by atoms with E-state index < -0.39 is 20.6 Å². The highest BCUT2D eigenvalue weighted by atomic mass is 32.2. The Kier molecular flexibility index (Phi) is 3.25. The number of hydrogen-bond acceptors (Lipinski definition) is 4. The van der Waals surface area contributed by atoms with Gasteiger partial charge < -0.3 is 10.2 Å². The average Bonchev–Trinajstić information content (AvgIpc) is 2.54. The lowest BCUT2D eigenvalue weighted by Crippen LogP contribution is -2.49. The van der Waals surface area contributed by atoms with Gasteiger partial charge in [0.05, 0.1) is 17.3 Å². The second-order valence-electron chi connectivity index (χ2n) is 4.32. The first-order valence-corrected chi connectivity index (χ1v) is 6.60. The summed E-state index contributed by atoms with van der Waals surface area (Å²) in [6, 6.07) is 1.35. The molecular formula is C10H17NO3S. The van der Waals surface area contributed by atoms with Crippen molar-refractivity contribution >= 4 is 9.84 Å². The van der Waals surface area contributed by atoms with Crippen LogP contribution in [-0.4, -0.2) is 25.5 Å². The van der Waals surface area contributed by atoms with Gasteiger partial charge in [-0.15, -0.1) is 0 Å². The highest BCUT2D eigenvalue weighted by Crippen LogP contribution is 2.21. The van der Waals surface area contributed by atoms with Crippen LogP contribution in [0.2, 0.25) is 0 Å². The highest BCUT2D eigenvalue weighted by molar-refractivity contribution is 7.92. The SMILES string of the molecule is CC(C)(C(N)Cc1ccoc1)S(C)(=O)=O. The van der Waals surface area contributed by atoms with Crippen LogP contribution in [0.5, 0.6) is 0 Å². The zero-order chi connectivity index (χ0) is 11.7. The Hall–Kier alpha value is -0.810. The lowest BCUT2D eigenvalue weighted by Gasteiger charge is -2.29. The third kappa shape index (κ3) is 2.60. The fourth-order valence-corrected chi connectivity index (χ4v) is 1.82. The van der Waals surface area contributed by atoms with Crippen molar-refractivity contribution in [1.29, 1.82) is 0 Å². The highest BCUT2D eigenvalue weighted by Gasteiger charge is 2.36. The predicted molar refractivity (Wildman–Crippen MR) is 59.3 cm³/mol. The molecule has 1 heterocycles. The zero-order valence-electron chi connectivity index (χ0n) is 9.23. The van der Waals surface area contributed by atoms with Crippen LogP contribution in [0.1, 0.15) is 19.4 Å². The maximum atomic E-state index is 11.5. The molecule has 1 aromatic heterocycles. The molecule has 0 aliphatic heterocycles. The monoisotopic (exact) mass is 231 g/mol. The van der Waals surface area contributed by atoms with Gasteiger partial charge in [-0.2, -0.15) is 0 Å². The molecule has 0 radical (unpaired) electrons. The molecule has 1 aromatic rings. The predicted octanol–water partition coefficient (Wildman–Crippen LogP) is 0.973. The van der Waals surface area contributed by atoms with Gasteiger partial charge in [0.2, 0.25) is 0 Å². The Bertz CT molecular complexity index is 406. The van der Waals surface area contributed by atoms with Gasteiger partial charge in [-0.25, -0.2) is 8.42 Å². The fraction of sp³-hybridized carbons (Fsp3) is 0.600. The van der Waals surface area contributed by atoms with Crippen molar-refractivity contribution in [3.05, 3.63) is 24.2 Å². The minimum absolute atomic E-state index is 0.440. The first-order chi connectivity index (χ1) is 6.75. The van der Waals surface area contributed by atoms with Crippen molar-refractivity contribution in [2.75, 3.05) is 6.26 Å². The first kappa shape index (κ1) is 12.3. The van der Waals surface area contributed by atoms with Gasteiger partial charge in [0, 0.05) is 12.3 Å². The van der Waals surface area contributed by atoms with Crippen LogP contribution >= 0.6 is 0 Å². The summed E-state index contributed by atoms with van der Waals surface area (Å²) in [6.45, 7) is 3.29. The Morgan fingerprint density at radius 1 is 1.53 bits per heavy atom. The van der Waals surface area contributed by atoms with Gasteiger partial charge in [-0.1, -0.05) is 0 Å². The third-order valence-corrected chi connectivity index (χ3v) is 5.10. The molecule has 0 aliphatic carbocycles. The second-order valence-corrected chi connectivity index (χ2v) is 6.91. The zero-order valence-corrected chi connectivity index (χ0v) is 10.0. The normalized spacial score (nSPS) is 15.2. The molecule has 0 bridgehead atoms. The van der Waals surface area contributed by atoms with Crippen molar-refractivity contribution < 1.29 is 12.8 Å². The van der Waals surface area contributed by atoms with Gasteiger partial charge in [0.1, 0.15) is 0 Å². The smallest absolute Gasteiger partial charge is 0.154 e. The largest absolute Gasteiger partial charge is 0.472 e. The minimum atomic E-state index is -3.16. The molecule has 5 heteroatoms. The summed E-state index contributed by atoms with van der Waals surface area (Å²) < 4.78 is 27.0. The van der Waals surface area contributed by atoms with Crippen LogP contribution in [0, 0.1) is 0 Å². The molecule has 2 N–H and O–H groups in total. The van der Waals surface area contributed by atoms with Gasteiger partial charge in [-0.3, -0.25) is 0 Å². The van der Waals surface area contributed by atoms with Crippen molar-refractivity contribution in [2.45, 2.75) is 31.1 Å². The number of rotatable bonds is 4. The number of nitrogens with two attached hydrogens (primary N) is 1. The van der Waals surface area contributed by atoms with Crippen molar-refractivity contribution in [2.24, 2.45) is 5.73 Å². The van der Waals surface area contributed by atoms with Crippen LogP contribution < -0.4 is 5.73 Å². The van der Waals surface area contributed by atoms with Crippen molar-refractivity contribution in [3.8, 4) is 0 Å². The molecule has 0 aliphatic rings. The molecule has 4 nitrogen and oxygen atoms in total. The third-order valence-electron chi connectivity index (χ3n) is 2.88. The van der Waals surface area contributed by atoms with Gasteiger partial charge >= 0.3 is 0 Å². The maximum absolute atomic E-state index is 11.5. The Morgan fingerprint density at radius 3 is 2.53 bits per heavy atom. The summed E-state index contributed by atoms with van der Waals surface area (Å²) >= 11 is 0. The molecule has 1 unspecified atom stereocenters. The van der Waals surface area contributed by atoms with E-state index in [1.54, 1.807) is 32.4 Å². The molecule has 0 spiro atoms. The van der Waals surface area contributed by atoms with E-state index in [2.05, 4.69) is 0 Å². The van der Waals surface area contributed by atoms with E-state index >= 15 is 0 Å². The Balaban J connectivity index is 2.81. The molecule has 1 rings (SSSR count). The maximum Gasteiger partial charge on any atom is 0.154 e. The quantitative estimate of drug-likeness (QED) is 0.838. The van der Waals surface area contributed by atoms with Crippen LogP contribution in [0.3, 0.4) is 0 Å². The summed E-state index contributed by atoms with van der Waals surface area (Å²) in [6.07, 6.45) is 4.84. The molecule has 0 aromatic carbocycles. The first-order valence-electron chi connectivity index (χ1n) is 4.71. The molecule has 0 amide bonds. The molecule has 1 atom stereocenters. The van der Waals surface area contributed by atoms with E-state index in [-0.39, 0.29) is 0 Å². The number of sulfone groups is 1. The van der Waals surface area contributed by atoms with Gasteiger partial charge in [-0.05, 0) is 31.9 Å². The summed E-state index contributed by atoms with van der Waals surface area (Å²) in [5, 5.41) is 0. The summed E-state index contributed by atoms with van der Waals surface area (Å²) in [5.41, 5.74) is 6.82. The number of furan rings is 1. The standard InChI is InChI=1S/C10H17NO3S/c1-10(2,15(3,12)13)9(11)6-8-4-5-14-7-8/h4-5,7,9H,6,11H2,1-3H3. The van der Waals surface area contributed by atoms with Gasteiger partial charge in [0.15, 0.2) is 9.84 Å². The van der Waals surface area contributed by atoms with Crippen LogP contribution in [0.15, 0.2) is 23.0 Å². The van der Waals surface area contributed by atoms with Gasteiger partial charge in [0.25, 0.3) is 0 Å². The lowest BCUT2D eigenvalue weighted by molar-refractivity contribution is 0.479. The van der Waals surface area contributed by atoms with E-state index in [0.29, 0.717) is 6.42 Å². The van der Waals surface area contributed by atoms with Crippen LogP contribution in [0.4, 0.5) is 0 Å². The van der Waals surface area contributed by atoms with E-state index in [1.165, 1.54) is 6.26 Å². The van der Waals surface area contributed by atoms with Crippen molar-refractivity contribution in [1.82, 2.24) is 0 Å². The van der Waals surface area contributed by atoms with E-state index in [4.69, 9.17) is 10.2 Å². The van der Waals surface area contributed by atoms with Crippen LogP contribution in [-0.2, 0) is 16.3 Å². The lowest BCUT2D eigenvalue weighted by atomic mass is 9.98. The molecule has 15 heavy (non-hydrogen) atoms. The van der Waals surface area contributed by atoms with E-state index in [0.717, 1.165) is 5.56 Å². The molecule has 86 valence electrons. The van der Waals surface area contributed by atoms with E-state index in [9.17, 15) is 8.42 Å². The molecule has 0 saturated heterocycles.